The van der Waals surface area contributed by atoms with Crippen LogP contribution in [0.2, 0.25) is 0 Å². The molecule has 2 heteroatoms. The van der Waals surface area contributed by atoms with Crippen LogP contribution in [-0.2, 0) is 17.6 Å². The van der Waals surface area contributed by atoms with Crippen LogP contribution >= 0.6 is 0 Å². The number of rotatable bonds is 10. The first-order chi connectivity index (χ1) is 14.6. The number of hydrogen-bond donors (Lipinski definition) is 1. The van der Waals surface area contributed by atoms with Crippen LogP contribution in [0.5, 0.6) is 0 Å². The summed E-state index contributed by atoms with van der Waals surface area (Å²) in [6, 6.07) is 22.4. The second kappa shape index (κ2) is 10.8. The van der Waals surface area contributed by atoms with Crippen LogP contribution in [0.4, 0.5) is 0 Å². The average Bonchev–Trinajstić information content (AvgIpc) is 2.76. The molecule has 0 atom stereocenters. The predicted molar refractivity (Wildman–Crippen MR) is 129 cm³/mol. The van der Waals surface area contributed by atoms with Crippen molar-refractivity contribution in [3.05, 3.63) is 83.9 Å². The Hall–Kier alpha value is -2.87. The fourth-order valence-corrected chi connectivity index (χ4v) is 3.72. The van der Waals surface area contributed by atoms with Gasteiger partial charge in [-0.3, -0.25) is 4.79 Å². The quantitative estimate of drug-likeness (QED) is 0.293. The van der Waals surface area contributed by atoms with E-state index in [1.54, 1.807) is 6.92 Å². The molecule has 0 aromatic heterocycles. The summed E-state index contributed by atoms with van der Waals surface area (Å²) in [6.07, 6.45) is 6.89. The summed E-state index contributed by atoms with van der Waals surface area (Å²) in [5.41, 5.74) is 5.78. The van der Waals surface area contributed by atoms with Gasteiger partial charge in [0.15, 0.2) is 0 Å². The molecular formula is C28H33NO. The van der Waals surface area contributed by atoms with Crippen molar-refractivity contribution in [1.29, 1.82) is 0 Å². The zero-order valence-corrected chi connectivity index (χ0v) is 18.3. The van der Waals surface area contributed by atoms with Gasteiger partial charge in [0.2, 0.25) is 5.91 Å². The number of aryl methyl sites for hydroxylation is 2. The Morgan fingerprint density at radius 2 is 1.43 bits per heavy atom. The highest BCUT2D eigenvalue weighted by Gasteiger charge is 2.03. The largest absolute Gasteiger partial charge is 0.352 e. The lowest BCUT2D eigenvalue weighted by Gasteiger charge is -2.08. The van der Waals surface area contributed by atoms with Gasteiger partial charge in [0.05, 0.1) is 0 Å². The molecule has 0 radical (unpaired) electrons. The van der Waals surface area contributed by atoms with Gasteiger partial charge in [-0.2, -0.15) is 0 Å². The van der Waals surface area contributed by atoms with E-state index in [9.17, 15) is 4.79 Å². The molecule has 3 aromatic carbocycles. The Morgan fingerprint density at radius 3 is 2.17 bits per heavy atom. The number of carbonyl (C=O) groups is 1. The molecule has 1 amide bonds. The number of nitrogens with one attached hydrogen (secondary N) is 1. The molecule has 0 saturated carbocycles. The molecule has 1 N–H and O–H groups in total. The van der Waals surface area contributed by atoms with Crippen LogP contribution in [0, 0.1) is 0 Å². The van der Waals surface area contributed by atoms with Crippen LogP contribution in [0.3, 0.4) is 0 Å². The molecule has 30 heavy (non-hydrogen) atoms. The average molecular weight is 400 g/mol. The standard InChI is InChI=1S/C28H33NO/c1-4-5-6-8-23-12-15-27-20-26(17-16-25(27)19-23)24-13-10-22(11-14-24)9-7-18-29-28(30)21(2)3/h10-17,19-20H,2,4-9,18H2,1,3H3,(H,29,30). The minimum absolute atomic E-state index is 0.0604. The molecule has 156 valence electrons. The third-order valence-electron chi connectivity index (χ3n) is 5.58. The number of amides is 1. The highest BCUT2D eigenvalue weighted by atomic mass is 16.1. The maximum atomic E-state index is 11.5. The topological polar surface area (TPSA) is 29.1 Å². The lowest BCUT2D eigenvalue weighted by atomic mass is 9.97. The third kappa shape index (κ3) is 6.06. The van der Waals surface area contributed by atoms with E-state index in [1.165, 1.54) is 58.7 Å². The Labute approximate surface area is 181 Å². The van der Waals surface area contributed by atoms with Crippen molar-refractivity contribution >= 4 is 16.7 Å². The maximum Gasteiger partial charge on any atom is 0.246 e. The maximum absolute atomic E-state index is 11.5. The van der Waals surface area contributed by atoms with Gasteiger partial charge in [-0.15, -0.1) is 0 Å². The number of hydrogen-bond acceptors (Lipinski definition) is 1. The summed E-state index contributed by atoms with van der Waals surface area (Å²) in [5.74, 6) is -0.0604. The Bertz CT molecular complexity index is 1000. The van der Waals surface area contributed by atoms with Crippen molar-refractivity contribution in [1.82, 2.24) is 5.32 Å². The van der Waals surface area contributed by atoms with E-state index in [1.807, 2.05) is 0 Å². The van der Waals surface area contributed by atoms with Crippen molar-refractivity contribution in [3.8, 4) is 11.1 Å². The molecule has 0 aliphatic rings. The number of carbonyl (C=O) groups excluding carboxylic acids is 1. The molecule has 3 aromatic rings. The molecule has 2 nitrogen and oxygen atoms in total. The van der Waals surface area contributed by atoms with Crippen LogP contribution in [-0.4, -0.2) is 12.5 Å². The summed E-state index contributed by atoms with van der Waals surface area (Å²) >= 11 is 0. The van der Waals surface area contributed by atoms with E-state index >= 15 is 0 Å². The molecule has 0 spiro atoms. The summed E-state index contributed by atoms with van der Waals surface area (Å²) in [5, 5.41) is 5.50. The number of fused-ring (bicyclic) bond motifs is 1. The zero-order chi connectivity index (χ0) is 21.3. The van der Waals surface area contributed by atoms with E-state index < -0.39 is 0 Å². The molecule has 0 aliphatic heterocycles. The monoisotopic (exact) mass is 399 g/mol. The normalized spacial score (nSPS) is 10.9. The molecule has 3 rings (SSSR count). The minimum atomic E-state index is -0.0604. The first-order valence-corrected chi connectivity index (χ1v) is 11.1. The van der Waals surface area contributed by atoms with Crippen molar-refractivity contribution < 1.29 is 4.79 Å². The van der Waals surface area contributed by atoms with E-state index in [4.69, 9.17) is 0 Å². The first kappa shape index (κ1) is 21.8. The lowest BCUT2D eigenvalue weighted by Crippen LogP contribution is -2.24. The highest BCUT2D eigenvalue weighted by Crippen LogP contribution is 2.26. The second-order valence-electron chi connectivity index (χ2n) is 8.19. The fraction of sp³-hybridized carbons (Fsp3) is 0.321. The van der Waals surface area contributed by atoms with Gasteiger partial charge in [-0.25, -0.2) is 0 Å². The van der Waals surface area contributed by atoms with Gasteiger partial charge in [-0.1, -0.05) is 80.9 Å². The summed E-state index contributed by atoms with van der Waals surface area (Å²) < 4.78 is 0. The van der Waals surface area contributed by atoms with Gasteiger partial charge >= 0.3 is 0 Å². The van der Waals surface area contributed by atoms with Crippen molar-refractivity contribution in [2.24, 2.45) is 0 Å². The van der Waals surface area contributed by atoms with Crippen molar-refractivity contribution in [3.63, 3.8) is 0 Å². The van der Waals surface area contributed by atoms with E-state index in [0.29, 0.717) is 12.1 Å². The molecule has 0 aliphatic carbocycles. The summed E-state index contributed by atoms with van der Waals surface area (Å²) in [6.45, 7) is 8.31. The van der Waals surface area contributed by atoms with Crippen LogP contribution in [0.15, 0.2) is 72.8 Å². The van der Waals surface area contributed by atoms with Crippen molar-refractivity contribution in [2.75, 3.05) is 6.54 Å². The first-order valence-electron chi connectivity index (χ1n) is 11.1. The summed E-state index contributed by atoms with van der Waals surface area (Å²) in [4.78, 5) is 11.5. The van der Waals surface area contributed by atoms with Crippen molar-refractivity contribution in [2.45, 2.75) is 52.4 Å². The van der Waals surface area contributed by atoms with Gasteiger partial charge in [0, 0.05) is 12.1 Å². The Balaban J connectivity index is 1.60. The third-order valence-corrected chi connectivity index (χ3v) is 5.58. The van der Waals surface area contributed by atoms with Gasteiger partial charge in [-0.05, 0) is 71.7 Å². The minimum Gasteiger partial charge on any atom is -0.352 e. The number of unbranched alkanes of at least 4 members (excludes halogenated alkanes) is 2. The van der Waals surface area contributed by atoms with E-state index in [2.05, 4.69) is 79.5 Å². The van der Waals surface area contributed by atoms with Gasteiger partial charge in [0.25, 0.3) is 0 Å². The van der Waals surface area contributed by atoms with Crippen LogP contribution in [0.25, 0.3) is 21.9 Å². The van der Waals surface area contributed by atoms with Crippen LogP contribution in [0.1, 0.15) is 50.7 Å². The molecule has 0 bridgehead atoms. The molecule has 0 saturated heterocycles. The summed E-state index contributed by atoms with van der Waals surface area (Å²) in [7, 11) is 0. The lowest BCUT2D eigenvalue weighted by molar-refractivity contribution is -0.117. The molecule has 0 heterocycles. The fourth-order valence-electron chi connectivity index (χ4n) is 3.72. The van der Waals surface area contributed by atoms with Gasteiger partial charge < -0.3 is 5.32 Å². The highest BCUT2D eigenvalue weighted by molar-refractivity contribution is 5.92. The smallest absolute Gasteiger partial charge is 0.246 e. The zero-order valence-electron chi connectivity index (χ0n) is 18.3. The molecule has 0 unspecified atom stereocenters. The van der Waals surface area contributed by atoms with E-state index in [0.717, 1.165) is 12.8 Å². The van der Waals surface area contributed by atoms with E-state index in [-0.39, 0.29) is 5.91 Å². The molecular weight excluding hydrogens is 366 g/mol. The van der Waals surface area contributed by atoms with Crippen LogP contribution < -0.4 is 5.32 Å². The Kier molecular flexibility index (Phi) is 7.84. The number of benzene rings is 3. The SMILES string of the molecule is C=C(C)C(=O)NCCCc1ccc(-c2ccc3cc(CCCCC)ccc3c2)cc1. The Morgan fingerprint density at radius 1 is 0.800 bits per heavy atom. The van der Waals surface area contributed by atoms with Gasteiger partial charge in [0.1, 0.15) is 0 Å². The predicted octanol–water partition coefficient (Wildman–Crippen LogP) is 6.86. The molecule has 0 fully saturated rings. The second-order valence-corrected chi connectivity index (χ2v) is 8.19.